The Morgan fingerprint density at radius 1 is 1.12 bits per heavy atom. The van der Waals surface area contributed by atoms with Crippen LogP contribution in [0, 0.1) is 5.41 Å². The lowest BCUT2D eigenvalue weighted by Gasteiger charge is -2.58. The molecule has 2 heterocycles. The van der Waals surface area contributed by atoms with Crippen LogP contribution in [0.15, 0.2) is 0 Å². The molecule has 2 rings (SSSR count). The van der Waals surface area contributed by atoms with E-state index < -0.39 is 6.43 Å². The summed E-state index contributed by atoms with van der Waals surface area (Å²) in [5.74, 6) is 0. The largest absolute Gasteiger partial charge is 0.298 e. The summed E-state index contributed by atoms with van der Waals surface area (Å²) in [6.45, 7) is 10.7. The smallest absolute Gasteiger partial charge is 0.251 e. The quantitative estimate of drug-likeness (QED) is 0.738. The van der Waals surface area contributed by atoms with Crippen molar-refractivity contribution in [3.63, 3.8) is 0 Å². The Morgan fingerprint density at radius 2 is 1.65 bits per heavy atom. The molecular weight excluding hydrogens is 222 g/mol. The third-order valence-electron chi connectivity index (χ3n) is 4.31. The average Bonchev–Trinajstić information content (AvgIpc) is 2.13. The zero-order chi connectivity index (χ0) is 12.7. The highest BCUT2D eigenvalue weighted by Crippen LogP contribution is 2.43. The third kappa shape index (κ3) is 2.97. The molecule has 0 radical (unpaired) electrons. The maximum atomic E-state index is 12.3. The van der Waals surface area contributed by atoms with E-state index in [4.69, 9.17) is 0 Å². The summed E-state index contributed by atoms with van der Waals surface area (Å²) in [6.07, 6.45) is -0.00462. The number of rotatable bonds is 2. The van der Waals surface area contributed by atoms with E-state index in [2.05, 4.69) is 25.7 Å². The first-order chi connectivity index (χ1) is 7.81. The molecule has 2 nitrogen and oxygen atoms in total. The lowest BCUT2D eigenvalue weighted by Crippen LogP contribution is -2.65. The van der Waals surface area contributed by atoms with Gasteiger partial charge in [0.2, 0.25) is 0 Å². The second-order valence-corrected chi connectivity index (χ2v) is 6.72. The second-order valence-electron chi connectivity index (χ2n) is 6.72. The first-order valence-electron chi connectivity index (χ1n) is 6.56. The molecule has 0 unspecified atom stereocenters. The number of halogens is 2. The van der Waals surface area contributed by atoms with Crippen molar-refractivity contribution in [2.45, 2.75) is 45.6 Å². The number of alkyl halides is 2. The van der Waals surface area contributed by atoms with E-state index in [-0.39, 0.29) is 12.1 Å². The van der Waals surface area contributed by atoms with Gasteiger partial charge >= 0.3 is 0 Å². The molecule has 2 fully saturated rings. The SMILES string of the molecule is CC(C)(C)N1CC2(CCN(CC(F)F)CC2)C1. The van der Waals surface area contributed by atoms with Gasteiger partial charge in [0.25, 0.3) is 6.43 Å². The Labute approximate surface area is 103 Å². The van der Waals surface area contributed by atoms with Gasteiger partial charge in [-0.15, -0.1) is 0 Å². The Kier molecular flexibility index (Phi) is 3.47. The molecule has 4 heteroatoms. The molecule has 0 atom stereocenters. The van der Waals surface area contributed by atoms with Crippen LogP contribution in [0.5, 0.6) is 0 Å². The van der Waals surface area contributed by atoms with Crippen LogP contribution in [0.3, 0.4) is 0 Å². The van der Waals surface area contributed by atoms with Crippen molar-refractivity contribution in [1.29, 1.82) is 0 Å². The van der Waals surface area contributed by atoms with Crippen molar-refractivity contribution in [2.75, 3.05) is 32.7 Å². The first-order valence-corrected chi connectivity index (χ1v) is 6.56. The molecule has 0 aromatic heterocycles. The van der Waals surface area contributed by atoms with Gasteiger partial charge in [0.05, 0.1) is 6.54 Å². The van der Waals surface area contributed by atoms with E-state index >= 15 is 0 Å². The van der Waals surface area contributed by atoms with E-state index in [1.807, 2.05) is 4.90 Å². The van der Waals surface area contributed by atoms with Crippen LogP contribution < -0.4 is 0 Å². The van der Waals surface area contributed by atoms with Gasteiger partial charge in [-0.05, 0) is 52.1 Å². The normalized spacial score (nSPS) is 26.5. The molecule has 0 aliphatic carbocycles. The van der Waals surface area contributed by atoms with E-state index in [0.29, 0.717) is 5.41 Å². The lowest BCUT2D eigenvalue weighted by atomic mass is 9.70. The minimum atomic E-state index is -2.18. The fourth-order valence-corrected chi connectivity index (χ4v) is 2.96. The highest BCUT2D eigenvalue weighted by atomic mass is 19.3. The van der Waals surface area contributed by atoms with Gasteiger partial charge in [-0.2, -0.15) is 0 Å². The molecule has 17 heavy (non-hydrogen) atoms. The van der Waals surface area contributed by atoms with Gasteiger partial charge in [0.15, 0.2) is 0 Å². The molecular formula is C13H24F2N2. The van der Waals surface area contributed by atoms with Crippen LogP contribution in [0.25, 0.3) is 0 Å². The molecule has 0 N–H and O–H groups in total. The fraction of sp³-hybridized carbons (Fsp3) is 1.00. The highest BCUT2D eigenvalue weighted by molar-refractivity contribution is 5.01. The predicted octanol–water partition coefficient (Wildman–Crippen LogP) is 2.45. The van der Waals surface area contributed by atoms with Gasteiger partial charge < -0.3 is 0 Å². The molecule has 2 aliphatic heterocycles. The monoisotopic (exact) mass is 246 g/mol. The molecule has 1 spiro atoms. The Balaban J connectivity index is 1.77. The molecule has 2 saturated heterocycles. The van der Waals surface area contributed by atoms with Crippen LogP contribution >= 0.6 is 0 Å². The van der Waals surface area contributed by atoms with E-state index in [1.54, 1.807) is 0 Å². The van der Waals surface area contributed by atoms with Gasteiger partial charge in [-0.3, -0.25) is 9.80 Å². The molecule has 0 amide bonds. The van der Waals surface area contributed by atoms with Crippen molar-refractivity contribution >= 4 is 0 Å². The standard InChI is InChI=1S/C13H24F2N2/c1-12(2,3)17-9-13(10-17)4-6-16(7-5-13)8-11(14)15/h11H,4-10H2,1-3H3. The third-order valence-corrected chi connectivity index (χ3v) is 4.31. The minimum Gasteiger partial charge on any atom is -0.298 e. The van der Waals surface area contributed by atoms with Gasteiger partial charge in [0.1, 0.15) is 0 Å². The number of nitrogens with zero attached hydrogens (tertiary/aromatic N) is 2. The Bertz CT molecular complexity index is 257. The Morgan fingerprint density at radius 3 is 2.06 bits per heavy atom. The van der Waals surface area contributed by atoms with Crippen LogP contribution in [0.2, 0.25) is 0 Å². The van der Waals surface area contributed by atoms with E-state index in [1.165, 1.54) is 0 Å². The molecule has 0 aromatic carbocycles. The fourth-order valence-electron chi connectivity index (χ4n) is 2.96. The van der Waals surface area contributed by atoms with Crippen molar-refractivity contribution in [2.24, 2.45) is 5.41 Å². The average molecular weight is 246 g/mol. The Hall–Kier alpha value is -0.220. The van der Waals surface area contributed by atoms with Crippen molar-refractivity contribution in [1.82, 2.24) is 9.80 Å². The highest BCUT2D eigenvalue weighted by Gasteiger charge is 2.47. The zero-order valence-corrected chi connectivity index (χ0v) is 11.2. The van der Waals surface area contributed by atoms with Crippen LogP contribution in [0.1, 0.15) is 33.6 Å². The lowest BCUT2D eigenvalue weighted by molar-refractivity contribution is -0.0937. The van der Waals surface area contributed by atoms with Crippen LogP contribution in [-0.2, 0) is 0 Å². The zero-order valence-electron chi connectivity index (χ0n) is 11.2. The topological polar surface area (TPSA) is 6.48 Å². The molecule has 0 bridgehead atoms. The molecule has 0 aromatic rings. The van der Waals surface area contributed by atoms with E-state index in [0.717, 1.165) is 39.0 Å². The summed E-state index contributed by atoms with van der Waals surface area (Å²) in [5, 5.41) is 0. The minimum absolute atomic E-state index is 0.0426. The first kappa shape index (κ1) is 13.2. The summed E-state index contributed by atoms with van der Waals surface area (Å²) >= 11 is 0. The summed E-state index contributed by atoms with van der Waals surface area (Å²) in [4.78, 5) is 4.41. The van der Waals surface area contributed by atoms with Gasteiger partial charge in [-0.1, -0.05) is 0 Å². The number of likely N-dealkylation sites (tertiary alicyclic amines) is 2. The van der Waals surface area contributed by atoms with Gasteiger partial charge in [0, 0.05) is 18.6 Å². The molecule has 2 aliphatic rings. The van der Waals surface area contributed by atoms with Gasteiger partial charge in [-0.25, -0.2) is 8.78 Å². The summed E-state index contributed by atoms with van der Waals surface area (Å²) < 4.78 is 24.6. The van der Waals surface area contributed by atoms with Crippen LogP contribution in [-0.4, -0.2) is 54.5 Å². The number of hydrogen-bond donors (Lipinski definition) is 0. The summed E-state index contributed by atoms with van der Waals surface area (Å²) in [6, 6.07) is 0. The van der Waals surface area contributed by atoms with Crippen LogP contribution in [0.4, 0.5) is 8.78 Å². The maximum absolute atomic E-state index is 12.3. The summed E-state index contributed by atoms with van der Waals surface area (Å²) in [5.41, 5.74) is 0.692. The van der Waals surface area contributed by atoms with Crippen molar-refractivity contribution in [3.8, 4) is 0 Å². The maximum Gasteiger partial charge on any atom is 0.251 e. The van der Waals surface area contributed by atoms with Crippen molar-refractivity contribution < 1.29 is 8.78 Å². The molecule has 100 valence electrons. The molecule has 0 saturated carbocycles. The van der Waals surface area contributed by atoms with E-state index in [9.17, 15) is 8.78 Å². The summed E-state index contributed by atoms with van der Waals surface area (Å²) in [7, 11) is 0. The second kappa shape index (κ2) is 4.47. The van der Waals surface area contributed by atoms with Crippen molar-refractivity contribution in [3.05, 3.63) is 0 Å². The number of piperidine rings is 1. The predicted molar refractivity (Wildman–Crippen MR) is 65.4 cm³/mol. The number of hydrogen-bond acceptors (Lipinski definition) is 2.